The predicted molar refractivity (Wildman–Crippen MR) is 100 cm³/mol. The highest BCUT2D eigenvalue weighted by Gasteiger charge is 2.18. The third-order valence-electron chi connectivity index (χ3n) is 3.94. The summed E-state index contributed by atoms with van der Waals surface area (Å²) < 4.78 is 5.22. The molecule has 0 saturated heterocycles. The number of nitrogens with one attached hydrogen (secondary N) is 1. The van der Waals surface area contributed by atoms with E-state index in [1.165, 1.54) is 0 Å². The molecule has 0 radical (unpaired) electrons. The van der Waals surface area contributed by atoms with Crippen molar-refractivity contribution < 1.29 is 9.53 Å². The normalized spacial score (nSPS) is 11.6. The van der Waals surface area contributed by atoms with Crippen molar-refractivity contribution in [2.75, 3.05) is 7.11 Å². The number of methoxy groups -OCH3 is 1. The van der Waals surface area contributed by atoms with E-state index in [1.54, 1.807) is 31.4 Å². The van der Waals surface area contributed by atoms with Gasteiger partial charge in [0.1, 0.15) is 5.75 Å². The number of halogens is 1. The van der Waals surface area contributed by atoms with E-state index in [2.05, 4.69) is 5.32 Å². The van der Waals surface area contributed by atoms with E-state index in [9.17, 15) is 4.79 Å². The molecule has 126 valence electrons. The monoisotopic (exact) mass is 351 g/mol. The van der Waals surface area contributed by atoms with Crippen molar-refractivity contribution in [2.45, 2.75) is 6.04 Å². The SMILES string of the molecule is COc1ccc(C(NC(=O)c2cccc(Cl)c2)c2ccccc2)cc1. The van der Waals surface area contributed by atoms with Crippen LogP contribution in [0.25, 0.3) is 0 Å². The molecule has 0 aromatic heterocycles. The molecule has 0 saturated carbocycles. The summed E-state index contributed by atoms with van der Waals surface area (Å²) in [4.78, 5) is 12.7. The van der Waals surface area contributed by atoms with Crippen molar-refractivity contribution in [1.82, 2.24) is 5.32 Å². The molecule has 1 amide bonds. The Balaban J connectivity index is 1.92. The van der Waals surface area contributed by atoms with Crippen LogP contribution < -0.4 is 10.1 Å². The lowest BCUT2D eigenvalue weighted by atomic mass is 9.98. The van der Waals surface area contributed by atoms with Gasteiger partial charge in [-0.05, 0) is 41.5 Å². The van der Waals surface area contributed by atoms with E-state index in [-0.39, 0.29) is 11.9 Å². The van der Waals surface area contributed by atoms with Crippen molar-refractivity contribution in [3.63, 3.8) is 0 Å². The molecule has 0 aliphatic carbocycles. The molecule has 0 bridgehead atoms. The van der Waals surface area contributed by atoms with Crippen molar-refractivity contribution in [1.29, 1.82) is 0 Å². The third kappa shape index (κ3) is 4.20. The first kappa shape index (κ1) is 17.1. The highest BCUT2D eigenvalue weighted by molar-refractivity contribution is 6.30. The summed E-state index contributed by atoms with van der Waals surface area (Å²) in [5.41, 5.74) is 2.51. The number of carbonyl (C=O) groups is 1. The minimum atomic E-state index is -0.265. The molecule has 25 heavy (non-hydrogen) atoms. The van der Waals surface area contributed by atoms with Crippen LogP contribution in [0.5, 0.6) is 5.75 Å². The fourth-order valence-electron chi connectivity index (χ4n) is 2.65. The fraction of sp³-hybridized carbons (Fsp3) is 0.0952. The van der Waals surface area contributed by atoms with E-state index in [0.717, 1.165) is 16.9 Å². The number of hydrogen-bond acceptors (Lipinski definition) is 2. The summed E-state index contributed by atoms with van der Waals surface area (Å²) in [5.74, 6) is 0.601. The van der Waals surface area contributed by atoms with E-state index in [1.807, 2.05) is 54.6 Å². The maximum absolute atomic E-state index is 12.7. The molecule has 1 atom stereocenters. The summed E-state index contributed by atoms with van der Waals surface area (Å²) in [6, 6.07) is 24.2. The smallest absolute Gasteiger partial charge is 0.252 e. The van der Waals surface area contributed by atoms with Crippen LogP contribution in [0.2, 0.25) is 5.02 Å². The van der Waals surface area contributed by atoms with Gasteiger partial charge in [-0.2, -0.15) is 0 Å². The van der Waals surface area contributed by atoms with Gasteiger partial charge in [0.05, 0.1) is 13.2 Å². The van der Waals surface area contributed by atoms with Crippen LogP contribution >= 0.6 is 11.6 Å². The molecular weight excluding hydrogens is 334 g/mol. The van der Waals surface area contributed by atoms with E-state index in [0.29, 0.717) is 10.6 Å². The highest BCUT2D eigenvalue weighted by atomic mass is 35.5. The van der Waals surface area contributed by atoms with Gasteiger partial charge < -0.3 is 10.1 Å². The average molecular weight is 352 g/mol. The number of rotatable bonds is 5. The molecule has 0 aliphatic heterocycles. The van der Waals surface area contributed by atoms with Gasteiger partial charge in [0.2, 0.25) is 0 Å². The molecule has 3 nitrogen and oxygen atoms in total. The van der Waals surface area contributed by atoms with Gasteiger partial charge in [-0.15, -0.1) is 0 Å². The van der Waals surface area contributed by atoms with Crippen LogP contribution in [0.4, 0.5) is 0 Å². The molecule has 1 unspecified atom stereocenters. The molecular formula is C21H18ClNO2. The van der Waals surface area contributed by atoms with E-state index in [4.69, 9.17) is 16.3 Å². The Hall–Kier alpha value is -2.78. The Labute approximate surface area is 152 Å². The minimum absolute atomic E-state index is 0.174. The molecule has 3 aromatic rings. The number of ether oxygens (including phenoxy) is 1. The first-order valence-corrected chi connectivity index (χ1v) is 8.30. The molecule has 3 aromatic carbocycles. The van der Waals surface area contributed by atoms with Crippen LogP contribution in [0, 0.1) is 0 Å². The van der Waals surface area contributed by atoms with Crippen molar-refractivity contribution in [3.8, 4) is 5.75 Å². The van der Waals surface area contributed by atoms with Crippen LogP contribution in [-0.4, -0.2) is 13.0 Å². The second kappa shape index (κ2) is 7.86. The summed E-state index contributed by atoms with van der Waals surface area (Å²) in [6.07, 6.45) is 0. The number of benzene rings is 3. The van der Waals surface area contributed by atoms with Gasteiger partial charge in [0.25, 0.3) is 5.91 Å². The van der Waals surface area contributed by atoms with Gasteiger partial charge in [-0.1, -0.05) is 60.1 Å². The summed E-state index contributed by atoms with van der Waals surface area (Å²) in [6.45, 7) is 0. The Morgan fingerprint density at radius 1 is 0.920 bits per heavy atom. The lowest BCUT2D eigenvalue weighted by Crippen LogP contribution is -2.29. The van der Waals surface area contributed by atoms with E-state index >= 15 is 0 Å². The second-order valence-electron chi connectivity index (χ2n) is 5.60. The zero-order valence-electron chi connectivity index (χ0n) is 13.8. The Bertz CT molecular complexity index is 847. The van der Waals surface area contributed by atoms with Crippen LogP contribution in [0.15, 0.2) is 78.9 Å². The maximum Gasteiger partial charge on any atom is 0.252 e. The first-order valence-electron chi connectivity index (χ1n) is 7.92. The first-order chi connectivity index (χ1) is 12.2. The Morgan fingerprint density at radius 3 is 2.24 bits per heavy atom. The predicted octanol–water partition coefficient (Wildman–Crippen LogP) is 4.87. The molecule has 0 spiro atoms. The van der Waals surface area contributed by atoms with Crippen LogP contribution in [0.3, 0.4) is 0 Å². The molecule has 4 heteroatoms. The average Bonchev–Trinajstić information content (AvgIpc) is 2.67. The van der Waals surface area contributed by atoms with Crippen LogP contribution in [0.1, 0.15) is 27.5 Å². The van der Waals surface area contributed by atoms with Crippen molar-refractivity contribution >= 4 is 17.5 Å². The summed E-state index contributed by atoms with van der Waals surface area (Å²) in [7, 11) is 1.63. The van der Waals surface area contributed by atoms with Gasteiger partial charge in [0.15, 0.2) is 0 Å². The highest BCUT2D eigenvalue weighted by Crippen LogP contribution is 2.25. The minimum Gasteiger partial charge on any atom is -0.497 e. The molecule has 3 rings (SSSR count). The zero-order valence-corrected chi connectivity index (χ0v) is 14.5. The number of hydrogen-bond donors (Lipinski definition) is 1. The number of carbonyl (C=O) groups excluding carboxylic acids is 1. The Morgan fingerprint density at radius 2 is 1.60 bits per heavy atom. The quantitative estimate of drug-likeness (QED) is 0.712. The zero-order chi connectivity index (χ0) is 17.6. The van der Waals surface area contributed by atoms with Gasteiger partial charge in [0, 0.05) is 10.6 Å². The van der Waals surface area contributed by atoms with Crippen molar-refractivity contribution in [3.05, 3.63) is 101 Å². The summed E-state index contributed by atoms with van der Waals surface area (Å²) in [5, 5.41) is 3.63. The summed E-state index contributed by atoms with van der Waals surface area (Å²) >= 11 is 6.00. The largest absolute Gasteiger partial charge is 0.497 e. The van der Waals surface area contributed by atoms with Crippen LogP contribution in [-0.2, 0) is 0 Å². The Kier molecular flexibility index (Phi) is 5.36. The maximum atomic E-state index is 12.7. The standard InChI is InChI=1S/C21H18ClNO2/c1-25-19-12-10-16(11-13-19)20(15-6-3-2-4-7-15)23-21(24)17-8-5-9-18(22)14-17/h2-14,20H,1H3,(H,23,24). The van der Waals surface area contributed by atoms with Gasteiger partial charge in [-0.3, -0.25) is 4.79 Å². The van der Waals surface area contributed by atoms with E-state index < -0.39 is 0 Å². The van der Waals surface area contributed by atoms with Gasteiger partial charge in [-0.25, -0.2) is 0 Å². The molecule has 0 aliphatic rings. The molecule has 0 heterocycles. The lowest BCUT2D eigenvalue weighted by Gasteiger charge is -2.20. The second-order valence-corrected chi connectivity index (χ2v) is 6.04. The lowest BCUT2D eigenvalue weighted by molar-refractivity contribution is 0.0943. The fourth-order valence-corrected chi connectivity index (χ4v) is 2.84. The number of amides is 1. The van der Waals surface area contributed by atoms with Crippen molar-refractivity contribution in [2.24, 2.45) is 0 Å². The van der Waals surface area contributed by atoms with Gasteiger partial charge >= 0.3 is 0 Å². The topological polar surface area (TPSA) is 38.3 Å². The molecule has 1 N–H and O–H groups in total. The molecule has 0 fully saturated rings. The third-order valence-corrected chi connectivity index (χ3v) is 4.18.